The van der Waals surface area contributed by atoms with Gasteiger partial charge in [-0.15, -0.1) is 0 Å². The first-order chi connectivity index (χ1) is 12.7. The average Bonchev–Trinajstić information content (AvgIpc) is 3.11. The predicted octanol–water partition coefficient (Wildman–Crippen LogP) is 3.40. The number of amides is 1. The molecule has 0 bridgehead atoms. The van der Waals surface area contributed by atoms with Gasteiger partial charge in [-0.1, -0.05) is 18.2 Å². The van der Waals surface area contributed by atoms with Crippen LogP contribution in [-0.2, 0) is 11.2 Å². The van der Waals surface area contributed by atoms with Crippen LogP contribution in [0.1, 0.15) is 35.2 Å². The van der Waals surface area contributed by atoms with E-state index in [1.165, 1.54) is 5.56 Å². The van der Waals surface area contributed by atoms with Crippen LogP contribution in [0.4, 0.5) is 5.69 Å². The highest BCUT2D eigenvalue weighted by Crippen LogP contribution is 2.31. The minimum absolute atomic E-state index is 0.0246. The van der Waals surface area contributed by atoms with Gasteiger partial charge in [-0.2, -0.15) is 0 Å². The van der Waals surface area contributed by atoms with Crippen LogP contribution in [0, 0.1) is 0 Å². The lowest BCUT2D eigenvalue weighted by Crippen LogP contribution is -2.28. The van der Waals surface area contributed by atoms with E-state index in [1.54, 1.807) is 18.2 Å². The number of anilines is 1. The Morgan fingerprint density at radius 3 is 2.65 bits per heavy atom. The fraction of sp³-hybridized carbons (Fsp3) is 0.333. The Morgan fingerprint density at radius 1 is 0.962 bits per heavy atom. The van der Waals surface area contributed by atoms with Gasteiger partial charge < -0.3 is 14.4 Å². The first kappa shape index (κ1) is 16.6. The Labute approximate surface area is 152 Å². The summed E-state index contributed by atoms with van der Waals surface area (Å²) in [5.74, 6) is 1.41. The van der Waals surface area contributed by atoms with Crippen LogP contribution in [0.5, 0.6) is 11.5 Å². The Morgan fingerprint density at radius 2 is 1.77 bits per heavy atom. The molecule has 2 aliphatic heterocycles. The maximum absolute atomic E-state index is 12.5. The topological polar surface area (TPSA) is 55.8 Å². The molecule has 0 radical (unpaired) electrons. The normalized spacial score (nSPS) is 14.8. The summed E-state index contributed by atoms with van der Waals surface area (Å²) in [6.07, 6.45) is 2.17. The van der Waals surface area contributed by atoms with Gasteiger partial charge in [0.2, 0.25) is 5.91 Å². The minimum Gasteiger partial charge on any atom is -0.486 e. The van der Waals surface area contributed by atoms with Crippen molar-refractivity contribution in [1.82, 2.24) is 0 Å². The van der Waals surface area contributed by atoms with Crippen molar-refractivity contribution < 1.29 is 19.1 Å². The number of fused-ring (bicyclic) bond motifs is 2. The molecule has 2 heterocycles. The van der Waals surface area contributed by atoms with Gasteiger partial charge in [-0.25, -0.2) is 0 Å². The maximum Gasteiger partial charge on any atom is 0.227 e. The Balaban J connectivity index is 1.32. The lowest BCUT2D eigenvalue weighted by molar-refractivity contribution is -0.118. The molecule has 1 amide bonds. The smallest absolute Gasteiger partial charge is 0.227 e. The molecule has 0 fully saturated rings. The standard InChI is InChI=1S/C21H21NO4/c23-18(16-8-9-19-20(14-16)26-13-12-25-19)6-3-7-21(24)22-11-10-15-4-1-2-5-17(15)22/h1-2,4-5,8-9,14H,3,6-7,10-13H2. The van der Waals surface area contributed by atoms with E-state index in [1.807, 2.05) is 23.1 Å². The monoisotopic (exact) mass is 351 g/mol. The minimum atomic E-state index is 0.0246. The highest BCUT2D eigenvalue weighted by molar-refractivity contribution is 5.98. The van der Waals surface area contributed by atoms with E-state index >= 15 is 0 Å². The molecule has 0 atom stereocenters. The molecule has 0 saturated heterocycles. The second kappa shape index (κ2) is 7.20. The van der Waals surface area contributed by atoms with Crippen LogP contribution in [0.25, 0.3) is 0 Å². The lowest BCUT2D eigenvalue weighted by atomic mass is 10.0. The summed E-state index contributed by atoms with van der Waals surface area (Å²) < 4.78 is 11.0. The van der Waals surface area contributed by atoms with Crippen LogP contribution in [-0.4, -0.2) is 31.4 Å². The van der Waals surface area contributed by atoms with Gasteiger partial charge in [-0.3, -0.25) is 9.59 Å². The largest absolute Gasteiger partial charge is 0.486 e. The Kier molecular flexibility index (Phi) is 4.61. The van der Waals surface area contributed by atoms with Crippen LogP contribution in [0.2, 0.25) is 0 Å². The number of carbonyl (C=O) groups excluding carboxylic acids is 2. The molecule has 2 aliphatic rings. The number of hydrogen-bond acceptors (Lipinski definition) is 4. The maximum atomic E-state index is 12.5. The van der Waals surface area contributed by atoms with Crippen molar-refractivity contribution >= 4 is 17.4 Å². The van der Waals surface area contributed by atoms with Crippen molar-refractivity contribution in [2.75, 3.05) is 24.7 Å². The lowest BCUT2D eigenvalue weighted by Gasteiger charge is -2.18. The second-order valence-corrected chi connectivity index (χ2v) is 6.56. The van der Waals surface area contributed by atoms with E-state index in [4.69, 9.17) is 9.47 Å². The number of carbonyl (C=O) groups is 2. The molecule has 2 aromatic carbocycles. The van der Waals surface area contributed by atoms with Gasteiger partial charge in [0.1, 0.15) is 13.2 Å². The summed E-state index contributed by atoms with van der Waals surface area (Å²) in [5.41, 5.74) is 2.83. The van der Waals surface area contributed by atoms with E-state index in [0.29, 0.717) is 49.5 Å². The number of ether oxygens (including phenoxy) is 2. The first-order valence-electron chi connectivity index (χ1n) is 9.03. The summed E-state index contributed by atoms with van der Waals surface area (Å²) in [6.45, 7) is 1.76. The van der Waals surface area contributed by atoms with Crippen molar-refractivity contribution in [2.45, 2.75) is 25.7 Å². The van der Waals surface area contributed by atoms with Crippen LogP contribution in [0.15, 0.2) is 42.5 Å². The molecule has 0 N–H and O–H groups in total. The zero-order valence-corrected chi connectivity index (χ0v) is 14.6. The van der Waals surface area contributed by atoms with Crippen molar-refractivity contribution in [3.8, 4) is 11.5 Å². The summed E-state index contributed by atoms with van der Waals surface area (Å²) >= 11 is 0. The van der Waals surface area contributed by atoms with E-state index in [-0.39, 0.29) is 11.7 Å². The fourth-order valence-electron chi connectivity index (χ4n) is 3.49. The van der Waals surface area contributed by atoms with Crippen molar-refractivity contribution in [3.63, 3.8) is 0 Å². The number of ketones is 1. The van der Waals surface area contributed by atoms with E-state index in [2.05, 4.69) is 6.07 Å². The molecule has 0 saturated carbocycles. The van der Waals surface area contributed by atoms with Gasteiger partial charge in [0.05, 0.1) is 0 Å². The molecule has 26 heavy (non-hydrogen) atoms. The fourth-order valence-corrected chi connectivity index (χ4v) is 3.49. The van der Waals surface area contributed by atoms with Crippen LogP contribution in [0.3, 0.4) is 0 Å². The Bertz CT molecular complexity index is 846. The molecule has 5 heteroatoms. The molecule has 5 nitrogen and oxygen atoms in total. The summed E-state index contributed by atoms with van der Waals surface area (Å²) in [6, 6.07) is 13.3. The quantitative estimate of drug-likeness (QED) is 0.775. The number of Topliss-reactive ketones (excluding diaryl/α,β-unsaturated/α-hetero) is 1. The third kappa shape index (κ3) is 3.29. The second-order valence-electron chi connectivity index (χ2n) is 6.56. The Hall–Kier alpha value is -2.82. The van der Waals surface area contributed by atoms with Gasteiger partial charge in [0.25, 0.3) is 0 Å². The SMILES string of the molecule is O=C(CCCC(=O)N1CCc2ccccc21)c1ccc2c(c1)OCCO2. The van der Waals surface area contributed by atoms with Crippen molar-refractivity contribution in [3.05, 3.63) is 53.6 Å². The van der Waals surface area contributed by atoms with Gasteiger partial charge >= 0.3 is 0 Å². The highest BCUT2D eigenvalue weighted by Gasteiger charge is 2.24. The summed E-state index contributed by atoms with van der Waals surface area (Å²) in [7, 11) is 0. The molecule has 0 aliphatic carbocycles. The molecule has 2 aromatic rings. The van der Waals surface area contributed by atoms with Crippen molar-refractivity contribution in [1.29, 1.82) is 0 Å². The molecule has 0 unspecified atom stereocenters. The van der Waals surface area contributed by atoms with Crippen LogP contribution >= 0.6 is 0 Å². The zero-order chi connectivity index (χ0) is 17.9. The number of para-hydroxylation sites is 1. The molecular weight excluding hydrogens is 330 g/mol. The number of rotatable bonds is 5. The van der Waals surface area contributed by atoms with Gasteiger partial charge in [0.15, 0.2) is 17.3 Å². The van der Waals surface area contributed by atoms with Gasteiger partial charge in [0, 0.05) is 30.6 Å². The number of hydrogen-bond donors (Lipinski definition) is 0. The number of benzene rings is 2. The highest BCUT2D eigenvalue weighted by atomic mass is 16.6. The number of nitrogens with zero attached hydrogens (tertiary/aromatic N) is 1. The van der Waals surface area contributed by atoms with E-state index in [9.17, 15) is 9.59 Å². The molecular formula is C21H21NO4. The predicted molar refractivity (Wildman–Crippen MR) is 98.1 cm³/mol. The molecule has 0 aromatic heterocycles. The van der Waals surface area contributed by atoms with Gasteiger partial charge in [-0.05, 0) is 42.7 Å². The summed E-state index contributed by atoms with van der Waals surface area (Å²) in [4.78, 5) is 26.7. The van der Waals surface area contributed by atoms with Crippen LogP contribution < -0.4 is 14.4 Å². The zero-order valence-electron chi connectivity index (χ0n) is 14.6. The third-order valence-corrected chi connectivity index (χ3v) is 4.85. The van der Waals surface area contributed by atoms with Crippen molar-refractivity contribution in [2.24, 2.45) is 0 Å². The van der Waals surface area contributed by atoms with E-state index in [0.717, 1.165) is 18.7 Å². The molecule has 134 valence electrons. The summed E-state index contributed by atoms with van der Waals surface area (Å²) in [5, 5.41) is 0. The molecule has 4 rings (SSSR count). The molecule has 0 spiro atoms. The first-order valence-corrected chi connectivity index (χ1v) is 9.03. The van der Waals surface area contributed by atoms with E-state index < -0.39 is 0 Å². The average molecular weight is 351 g/mol. The third-order valence-electron chi connectivity index (χ3n) is 4.85.